The van der Waals surface area contributed by atoms with Crippen molar-refractivity contribution >= 4 is 34.0 Å². The quantitative estimate of drug-likeness (QED) is 0.848. The average Bonchev–Trinajstić information content (AvgIpc) is 2.78. The van der Waals surface area contributed by atoms with E-state index in [1.807, 2.05) is 5.32 Å². The van der Waals surface area contributed by atoms with Crippen LogP contribution in [0, 0.1) is 0 Å². The number of hydrogen-bond donors (Lipinski definition) is 2. The van der Waals surface area contributed by atoms with Crippen molar-refractivity contribution in [2.75, 3.05) is 6.54 Å². The second kappa shape index (κ2) is 5.72. The van der Waals surface area contributed by atoms with Gasteiger partial charge < -0.3 is 15.6 Å². The van der Waals surface area contributed by atoms with E-state index in [0.29, 0.717) is 11.1 Å². The molecule has 8 heteroatoms. The van der Waals surface area contributed by atoms with Crippen LogP contribution in [-0.2, 0) is 11.3 Å². The molecule has 0 aliphatic carbocycles. The minimum atomic E-state index is -4.42. The van der Waals surface area contributed by atoms with E-state index in [0.717, 1.165) is 5.39 Å². The molecule has 0 saturated heterocycles. The third-order valence-electron chi connectivity index (χ3n) is 2.88. The SMILES string of the molecule is NC(=S)c1cccc2c1ccn2CC(=O)NCC(F)(F)F. The van der Waals surface area contributed by atoms with Crippen molar-refractivity contribution in [1.82, 2.24) is 9.88 Å². The van der Waals surface area contributed by atoms with Crippen LogP contribution in [0.15, 0.2) is 30.5 Å². The molecule has 21 heavy (non-hydrogen) atoms. The Morgan fingerprint density at radius 2 is 2.05 bits per heavy atom. The average molecular weight is 315 g/mol. The van der Waals surface area contributed by atoms with Crippen molar-refractivity contribution in [2.45, 2.75) is 12.7 Å². The largest absolute Gasteiger partial charge is 0.405 e. The van der Waals surface area contributed by atoms with Crippen LogP contribution in [-0.4, -0.2) is 28.2 Å². The van der Waals surface area contributed by atoms with Gasteiger partial charge in [0.1, 0.15) is 18.1 Å². The van der Waals surface area contributed by atoms with Gasteiger partial charge in [-0.05, 0) is 12.1 Å². The molecule has 0 radical (unpaired) electrons. The zero-order valence-corrected chi connectivity index (χ0v) is 11.6. The highest BCUT2D eigenvalue weighted by Gasteiger charge is 2.27. The maximum Gasteiger partial charge on any atom is 0.405 e. The van der Waals surface area contributed by atoms with Crippen LogP contribution in [0.1, 0.15) is 5.56 Å². The molecule has 1 aromatic heterocycles. The number of carbonyl (C=O) groups excluding carboxylic acids is 1. The Hall–Kier alpha value is -2.09. The van der Waals surface area contributed by atoms with Crippen molar-refractivity contribution in [3.8, 4) is 0 Å². The predicted octanol–water partition coefficient (Wildman–Crippen LogP) is 1.95. The first-order valence-corrected chi connectivity index (χ1v) is 6.40. The molecule has 0 atom stereocenters. The topological polar surface area (TPSA) is 60.0 Å². The summed E-state index contributed by atoms with van der Waals surface area (Å²) in [7, 11) is 0. The molecule has 2 rings (SSSR count). The second-order valence-electron chi connectivity index (χ2n) is 4.44. The highest BCUT2D eigenvalue weighted by molar-refractivity contribution is 7.80. The minimum absolute atomic E-state index is 0.208. The van der Waals surface area contributed by atoms with E-state index < -0.39 is 18.6 Å². The summed E-state index contributed by atoms with van der Waals surface area (Å²) in [5, 5.41) is 2.59. The maximum atomic E-state index is 12.0. The number of benzene rings is 1. The molecular formula is C13H12F3N3OS. The molecule has 1 aromatic carbocycles. The van der Waals surface area contributed by atoms with Crippen molar-refractivity contribution in [3.63, 3.8) is 0 Å². The van der Waals surface area contributed by atoms with Gasteiger partial charge in [-0.2, -0.15) is 13.2 Å². The highest BCUT2D eigenvalue weighted by Crippen LogP contribution is 2.20. The zero-order valence-electron chi connectivity index (χ0n) is 10.8. The van der Waals surface area contributed by atoms with E-state index in [-0.39, 0.29) is 11.5 Å². The van der Waals surface area contributed by atoms with Crippen LogP contribution < -0.4 is 11.1 Å². The van der Waals surface area contributed by atoms with Crippen molar-refractivity contribution in [2.24, 2.45) is 5.73 Å². The first kappa shape index (κ1) is 15.3. The standard InChI is InChI=1S/C13H12F3N3OS/c14-13(15,16)7-18-11(20)6-19-5-4-8-9(12(17)21)2-1-3-10(8)19/h1-5H,6-7H2,(H2,17,21)(H,18,20). The summed E-state index contributed by atoms with van der Waals surface area (Å²) in [5.74, 6) is -0.717. The Bertz CT molecular complexity index is 694. The smallest absolute Gasteiger partial charge is 0.389 e. The van der Waals surface area contributed by atoms with E-state index in [2.05, 4.69) is 0 Å². The summed E-state index contributed by atoms with van der Waals surface area (Å²) >= 11 is 4.93. The molecule has 2 aromatic rings. The molecule has 0 unspecified atom stereocenters. The third-order valence-corrected chi connectivity index (χ3v) is 3.10. The van der Waals surface area contributed by atoms with Gasteiger partial charge >= 0.3 is 6.18 Å². The predicted molar refractivity (Wildman–Crippen MR) is 76.9 cm³/mol. The Kier molecular flexibility index (Phi) is 4.17. The molecule has 112 valence electrons. The van der Waals surface area contributed by atoms with Gasteiger partial charge in [0.2, 0.25) is 5.91 Å². The van der Waals surface area contributed by atoms with Gasteiger partial charge in [0, 0.05) is 22.7 Å². The van der Waals surface area contributed by atoms with Crippen LogP contribution in [0.25, 0.3) is 10.9 Å². The molecule has 0 fully saturated rings. The van der Waals surface area contributed by atoms with Crippen LogP contribution in [0.5, 0.6) is 0 Å². The molecule has 0 aliphatic rings. The lowest BCUT2D eigenvalue weighted by molar-refractivity contribution is -0.138. The number of fused-ring (bicyclic) bond motifs is 1. The van der Waals surface area contributed by atoms with Gasteiger partial charge in [-0.1, -0.05) is 24.4 Å². The monoisotopic (exact) mass is 315 g/mol. The number of rotatable bonds is 4. The molecule has 0 aliphatic heterocycles. The summed E-state index contributed by atoms with van der Waals surface area (Å²) in [4.78, 5) is 11.8. The van der Waals surface area contributed by atoms with Crippen LogP contribution in [0.2, 0.25) is 0 Å². The lowest BCUT2D eigenvalue weighted by atomic mass is 10.1. The van der Waals surface area contributed by atoms with E-state index in [4.69, 9.17) is 18.0 Å². The Balaban J connectivity index is 2.18. The molecule has 1 heterocycles. The summed E-state index contributed by atoms with van der Waals surface area (Å²) in [6.07, 6.45) is -2.81. The zero-order chi connectivity index (χ0) is 15.6. The molecule has 1 amide bonds. The van der Waals surface area contributed by atoms with Crippen molar-refractivity contribution in [3.05, 3.63) is 36.0 Å². The van der Waals surface area contributed by atoms with Crippen LogP contribution in [0.3, 0.4) is 0 Å². The number of halogens is 3. The number of thiocarbonyl (C=S) groups is 1. The number of alkyl halides is 3. The summed E-state index contributed by atoms with van der Waals surface area (Å²) < 4.78 is 37.7. The number of carbonyl (C=O) groups is 1. The fraction of sp³-hybridized carbons (Fsp3) is 0.231. The van der Waals surface area contributed by atoms with Crippen LogP contribution in [0.4, 0.5) is 13.2 Å². The molecule has 0 bridgehead atoms. The summed E-state index contributed by atoms with van der Waals surface area (Å²) in [6, 6.07) is 6.94. The van der Waals surface area contributed by atoms with Crippen molar-refractivity contribution in [1.29, 1.82) is 0 Å². The van der Waals surface area contributed by atoms with Crippen molar-refractivity contribution < 1.29 is 18.0 Å². The van der Waals surface area contributed by atoms with Gasteiger partial charge in [-0.15, -0.1) is 0 Å². The van der Waals surface area contributed by atoms with Gasteiger partial charge in [0.05, 0.1) is 0 Å². The van der Waals surface area contributed by atoms with Gasteiger partial charge in [-0.25, -0.2) is 0 Å². The Labute approximate surface area is 123 Å². The maximum absolute atomic E-state index is 12.0. The summed E-state index contributed by atoms with van der Waals surface area (Å²) in [5.41, 5.74) is 6.95. The summed E-state index contributed by atoms with van der Waals surface area (Å²) in [6.45, 7) is -1.55. The fourth-order valence-corrected chi connectivity index (χ4v) is 2.16. The molecule has 0 spiro atoms. The first-order chi connectivity index (χ1) is 9.78. The van der Waals surface area contributed by atoms with E-state index >= 15 is 0 Å². The van der Waals surface area contributed by atoms with Crippen LogP contribution >= 0.6 is 12.2 Å². The molecule has 0 saturated carbocycles. The second-order valence-corrected chi connectivity index (χ2v) is 4.88. The first-order valence-electron chi connectivity index (χ1n) is 5.99. The number of nitrogens with one attached hydrogen (secondary N) is 1. The fourth-order valence-electron chi connectivity index (χ4n) is 1.99. The molecule has 3 N–H and O–H groups in total. The number of hydrogen-bond acceptors (Lipinski definition) is 2. The third kappa shape index (κ3) is 3.72. The van der Waals surface area contributed by atoms with Gasteiger partial charge in [0.15, 0.2) is 0 Å². The van der Waals surface area contributed by atoms with Gasteiger partial charge in [0.25, 0.3) is 0 Å². The lowest BCUT2D eigenvalue weighted by Gasteiger charge is -2.10. The Morgan fingerprint density at radius 1 is 1.33 bits per heavy atom. The Morgan fingerprint density at radius 3 is 2.67 bits per heavy atom. The van der Waals surface area contributed by atoms with E-state index in [1.165, 1.54) is 0 Å². The number of amides is 1. The highest BCUT2D eigenvalue weighted by atomic mass is 32.1. The molecule has 4 nitrogen and oxygen atoms in total. The number of nitrogens with zero attached hydrogens (tertiary/aromatic N) is 1. The van der Waals surface area contributed by atoms with E-state index in [1.54, 1.807) is 35.0 Å². The van der Waals surface area contributed by atoms with Gasteiger partial charge in [-0.3, -0.25) is 4.79 Å². The lowest BCUT2D eigenvalue weighted by Crippen LogP contribution is -2.35. The van der Waals surface area contributed by atoms with E-state index in [9.17, 15) is 18.0 Å². The number of nitrogens with two attached hydrogens (primary N) is 1. The normalized spacial score (nSPS) is 11.6. The minimum Gasteiger partial charge on any atom is -0.389 e. The number of aromatic nitrogens is 1. The molecular weight excluding hydrogens is 303 g/mol.